The van der Waals surface area contributed by atoms with Crippen molar-refractivity contribution in [2.75, 3.05) is 5.73 Å². The molecule has 0 amide bonds. The molecule has 0 aliphatic heterocycles. The Hall–Kier alpha value is -1.03. The summed E-state index contributed by atoms with van der Waals surface area (Å²) in [6, 6.07) is 0. The van der Waals surface area contributed by atoms with E-state index in [1.165, 1.54) is 6.92 Å². The average molecular weight is 157 g/mol. The molecule has 0 fully saturated rings. The highest BCUT2D eigenvalue weighted by Gasteiger charge is 2.10. The SMILES string of the molecule is CC(=O)c1scc(N)c1O. The van der Waals surface area contributed by atoms with E-state index in [-0.39, 0.29) is 17.2 Å². The molecule has 0 aromatic carbocycles. The van der Waals surface area contributed by atoms with Crippen LogP contribution >= 0.6 is 11.3 Å². The van der Waals surface area contributed by atoms with E-state index in [1.54, 1.807) is 5.38 Å². The largest absolute Gasteiger partial charge is 0.504 e. The molecule has 0 spiro atoms. The summed E-state index contributed by atoms with van der Waals surface area (Å²) in [5, 5.41) is 10.6. The molecule has 0 atom stereocenters. The van der Waals surface area contributed by atoms with E-state index in [9.17, 15) is 4.79 Å². The van der Waals surface area contributed by atoms with Crippen LogP contribution in [0.3, 0.4) is 0 Å². The summed E-state index contributed by atoms with van der Waals surface area (Å²) in [4.78, 5) is 11.0. The molecule has 0 radical (unpaired) electrons. The van der Waals surface area contributed by atoms with E-state index in [2.05, 4.69) is 0 Å². The minimum Gasteiger partial charge on any atom is -0.504 e. The predicted octanol–water partition coefficient (Wildman–Crippen LogP) is 1.24. The number of thiophene rings is 1. The highest BCUT2D eigenvalue weighted by atomic mass is 32.1. The van der Waals surface area contributed by atoms with Crippen molar-refractivity contribution < 1.29 is 9.90 Å². The van der Waals surface area contributed by atoms with Gasteiger partial charge in [-0.2, -0.15) is 0 Å². The fraction of sp³-hybridized carbons (Fsp3) is 0.167. The van der Waals surface area contributed by atoms with Gasteiger partial charge in [-0.25, -0.2) is 0 Å². The lowest BCUT2D eigenvalue weighted by molar-refractivity contribution is 0.101. The molecule has 0 saturated heterocycles. The van der Waals surface area contributed by atoms with E-state index < -0.39 is 0 Å². The first kappa shape index (κ1) is 7.08. The number of anilines is 1. The van der Waals surface area contributed by atoms with Crippen molar-refractivity contribution in [1.29, 1.82) is 0 Å². The quantitative estimate of drug-likeness (QED) is 0.603. The number of hydrogen-bond acceptors (Lipinski definition) is 4. The first-order valence-electron chi connectivity index (χ1n) is 2.69. The van der Waals surface area contributed by atoms with Crippen LogP contribution in [0, 0.1) is 0 Å². The molecule has 10 heavy (non-hydrogen) atoms. The molecule has 1 aromatic rings. The molecular weight excluding hydrogens is 150 g/mol. The van der Waals surface area contributed by atoms with Crippen molar-refractivity contribution >= 4 is 22.8 Å². The molecule has 0 saturated carbocycles. The summed E-state index contributed by atoms with van der Waals surface area (Å²) in [6.07, 6.45) is 0. The lowest BCUT2D eigenvalue weighted by atomic mass is 10.3. The Kier molecular flexibility index (Phi) is 1.63. The van der Waals surface area contributed by atoms with Crippen LogP contribution in [0.1, 0.15) is 16.6 Å². The van der Waals surface area contributed by atoms with E-state index in [1.807, 2.05) is 0 Å². The van der Waals surface area contributed by atoms with Crippen LogP contribution in [0.4, 0.5) is 5.69 Å². The summed E-state index contributed by atoms with van der Waals surface area (Å²) in [5.74, 6) is -0.239. The summed E-state index contributed by atoms with van der Waals surface area (Å²) in [6.45, 7) is 1.39. The van der Waals surface area contributed by atoms with Gasteiger partial charge in [0, 0.05) is 12.3 Å². The highest BCUT2D eigenvalue weighted by molar-refractivity contribution is 7.13. The van der Waals surface area contributed by atoms with Crippen LogP contribution < -0.4 is 5.73 Å². The molecule has 0 bridgehead atoms. The minimum absolute atomic E-state index is 0.0856. The number of nitrogens with two attached hydrogens (primary N) is 1. The van der Waals surface area contributed by atoms with Crippen molar-refractivity contribution in [1.82, 2.24) is 0 Å². The molecule has 0 aliphatic carbocycles. The van der Waals surface area contributed by atoms with Crippen molar-refractivity contribution in [2.45, 2.75) is 6.92 Å². The second kappa shape index (κ2) is 2.30. The smallest absolute Gasteiger partial charge is 0.173 e. The molecule has 3 N–H and O–H groups in total. The lowest BCUT2D eigenvalue weighted by Gasteiger charge is -1.90. The number of rotatable bonds is 1. The van der Waals surface area contributed by atoms with Crippen LogP contribution in [0.5, 0.6) is 5.75 Å². The molecule has 1 aromatic heterocycles. The Morgan fingerprint density at radius 3 is 2.60 bits per heavy atom. The number of nitrogen functional groups attached to an aromatic ring is 1. The molecular formula is C6H7NO2S. The number of carbonyl (C=O) groups excluding carboxylic acids is 1. The van der Waals surface area contributed by atoms with Gasteiger partial charge in [-0.3, -0.25) is 4.79 Å². The maximum Gasteiger partial charge on any atom is 0.173 e. The molecule has 54 valence electrons. The van der Waals surface area contributed by atoms with Gasteiger partial charge < -0.3 is 10.8 Å². The number of aromatic hydroxyl groups is 1. The Bertz CT molecular complexity index is 267. The third kappa shape index (κ3) is 0.974. The van der Waals surface area contributed by atoms with Crippen molar-refractivity contribution in [2.24, 2.45) is 0 Å². The van der Waals surface area contributed by atoms with Gasteiger partial charge in [-0.05, 0) is 0 Å². The van der Waals surface area contributed by atoms with Crippen LogP contribution in [-0.2, 0) is 0 Å². The van der Waals surface area contributed by atoms with Crippen LogP contribution in [0.15, 0.2) is 5.38 Å². The minimum atomic E-state index is -0.154. The third-order valence-electron chi connectivity index (χ3n) is 1.11. The monoisotopic (exact) mass is 157 g/mol. The highest BCUT2D eigenvalue weighted by Crippen LogP contribution is 2.31. The first-order valence-corrected chi connectivity index (χ1v) is 3.57. The van der Waals surface area contributed by atoms with Crippen LogP contribution in [0.25, 0.3) is 0 Å². The lowest BCUT2D eigenvalue weighted by Crippen LogP contribution is -1.87. The van der Waals surface area contributed by atoms with Gasteiger partial charge in [0.15, 0.2) is 11.5 Å². The Labute approximate surface area is 62.1 Å². The van der Waals surface area contributed by atoms with Crippen LogP contribution in [-0.4, -0.2) is 10.9 Å². The average Bonchev–Trinajstić information content (AvgIpc) is 2.14. The van der Waals surface area contributed by atoms with Gasteiger partial charge in [0.2, 0.25) is 0 Å². The number of ketones is 1. The number of Topliss-reactive ketones (excluding diaryl/α,β-unsaturated/α-hetero) is 1. The molecule has 1 rings (SSSR count). The fourth-order valence-electron chi connectivity index (χ4n) is 0.615. The first-order chi connectivity index (χ1) is 4.63. The standard InChI is InChI=1S/C6H7NO2S/c1-3(8)6-5(9)4(7)2-10-6/h2,9H,7H2,1H3. The van der Waals surface area contributed by atoms with E-state index in [0.717, 1.165) is 11.3 Å². The third-order valence-corrected chi connectivity index (χ3v) is 2.20. The molecule has 1 heterocycles. The summed E-state index contributed by atoms with van der Waals surface area (Å²) in [5.41, 5.74) is 5.56. The number of hydrogen-bond donors (Lipinski definition) is 2. The van der Waals surface area contributed by atoms with Crippen molar-refractivity contribution in [3.8, 4) is 5.75 Å². The second-order valence-electron chi connectivity index (χ2n) is 1.92. The van der Waals surface area contributed by atoms with Gasteiger partial charge in [0.25, 0.3) is 0 Å². The van der Waals surface area contributed by atoms with Crippen molar-refractivity contribution in [3.05, 3.63) is 10.3 Å². The fourth-order valence-corrected chi connectivity index (χ4v) is 1.37. The van der Waals surface area contributed by atoms with E-state index in [0.29, 0.717) is 4.88 Å². The van der Waals surface area contributed by atoms with E-state index in [4.69, 9.17) is 10.8 Å². The maximum atomic E-state index is 10.7. The molecule has 0 unspecified atom stereocenters. The Morgan fingerprint density at radius 1 is 1.80 bits per heavy atom. The maximum absolute atomic E-state index is 10.7. The summed E-state index contributed by atoms with van der Waals surface area (Å²) < 4.78 is 0. The molecule has 0 aliphatic rings. The van der Waals surface area contributed by atoms with E-state index >= 15 is 0 Å². The normalized spacial score (nSPS) is 9.70. The zero-order valence-electron chi connectivity index (χ0n) is 5.42. The Balaban J connectivity index is 3.17. The van der Waals surface area contributed by atoms with Gasteiger partial charge >= 0.3 is 0 Å². The zero-order chi connectivity index (χ0) is 7.72. The second-order valence-corrected chi connectivity index (χ2v) is 2.80. The number of carbonyl (C=O) groups is 1. The van der Waals surface area contributed by atoms with Crippen LogP contribution in [0.2, 0.25) is 0 Å². The topological polar surface area (TPSA) is 63.3 Å². The van der Waals surface area contributed by atoms with Gasteiger partial charge in [0.1, 0.15) is 4.88 Å². The van der Waals surface area contributed by atoms with Gasteiger partial charge in [-0.1, -0.05) is 0 Å². The Morgan fingerprint density at radius 2 is 2.40 bits per heavy atom. The summed E-state index contributed by atoms with van der Waals surface area (Å²) >= 11 is 1.16. The molecule has 3 nitrogen and oxygen atoms in total. The van der Waals surface area contributed by atoms with Gasteiger partial charge in [-0.15, -0.1) is 11.3 Å². The predicted molar refractivity (Wildman–Crippen MR) is 40.4 cm³/mol. The zero-order valence-corrected chi connectivity index (χ0v) is 6.23. The molecule has 4 heteroatoms. The van der Waals surface area contributed by atoms with Gasteiger partial charge in [0.05, 0.1) is 5.69 Å². The summed E-state index contributed by atoms with van der Waals surface area (Å²) in [7, 11) is 0. The van der Waals surface area contributed by atoms with Crippen molar-refractivity contribution in [3.63, 3.8) is 0 Å².